The van der Waals surface area contributed by atoms with Gasteiger partial charge in [-0.1, -0.05) is 147 Å². The number of nitrogens with one attached hydrogen (secondary N) is 1. The monoisotopic (exact) mass is 661 g/mol. The highest BCUT2D eigenvalue weighted by Crippen LogP contribution is 2.21. The molecule has 0 saturated heterocycles. The quantitative estimate of drug-likeness (QED) is 0.0713. The lowest BCUT2D eigenvalue weighted by Crippen LogP contribution is -2.57. The van der Waals surface area contributed by atoms with Crippen LogP contribution < -0.4 is 4.72 Å². The van der Waals surface area contributed by atoms with E-state index in [1.807, 2.05) is 6.92 Å². The fraction of sp³-hybridized carbons (Fsp3) is 0.824. The first-order valence-corrected chi connectivity index (χ1v) is 20.5. The molecule has 0 spiro atoms. The molecule has 0 aliphatic carbocycles. The highest BCUT2D eigenvalue weighted by Gasteiger charge is 2.41. The van der Waals surface area contributed by atoms with Gasteiger partial charge in [0.25, 0.3) is 0 Å². The lowest BCUT2D eigenvalue weighted by Gasteiger charge is -2.31. The molecule has 0 fully saturated rings. The molecule has 0 saturated carbocycles. The molecule has 0 amide bonds. The molecule has 0 aliphatic rings. The van der Waals surface area contributed by atoms with Crippen LogP contribution in [0.1, 0.15) is 148 Å². The van der Waals surface area contributed by atoms with E-state index in [0.717, 1.165) is 56.9 Å². The lowest BCUT2D eigenvalue weighted by molar-refractivity contribution is -0.0221. The lowest BCUT2D eigenvalue weighted by atomic mass is 10.00. The van der Waals surface area contributed by atoms with Crippen LogP contribution in [0.2, 0.25) is 0 Å². The summed E-state index contributed by atoms with van der Waals surface area (Å²) in [5.74, 6) is -0.327. The van der Waals surface area contributed by atoms with Gasteiger partial charge in [-0.3, -0.25) is 0 Å². The number of sulfone groups is 1. The summed E-state index contributed by atoms with van der Waals surface area (Å²) in [4.78, 5) is -0.118. The van der Waals surface area contributed by atoms with E-state index in [1.54, 1.807) is 12.1 Å². The largest absolute Gasteiger partial charge is 0.390 e. The number of aliphatic hydroxyl groups excluding tert-OH is 3. The minimum Gasteiger partial charge on any atom is -0.390 e. The molecule has 10 heteroatoms. The van der Waals surface area contributed by atoms with Crippen LogP contribution in [-0.4, -0.2) is 61.6 Å². The third-order valence-corrected chi connectivity index (χ3v) is 11.8. The summed E-state index contributed by atoms with van der Waals surface area (Å²) >= 11 is 0. The molecule has 0 aromatic heterocycles. The Kier molecular flexibility index (Phi) is 21.7. The van der Waals surface area contributed by atoms with Crippen molar-refractivity contribution in [1.82, 2.24) is 4.72 Å². The molecular weight excluding hydrogens is 599 g/mol. The number of hydrogen-bond acceptors (Lipinski definition) is 7. The van der Waals surface area contributed by atoms with E-state index in [1.165, 1.54) is 63.5 Å². The van der Waals surface area contributed by atoms with Gasteiger partial charge in [0.15, 0.2) is 15.3 Å². The Morgan fingerprint density at radius 3 is 1.48 bits per heavy atom. The second-order valence-electron chi connectivity index (χ2n) is 12.6. The number of hydrogen-bond donors (Lipinski definition) is 4. The zero-order chi connectivity index (χ0) is 32.8. The zero-order valence-corrected chi connectivity index (χ0v) is 29.4. The molecule has 8 nitrogen and oxygen atoms in total. The van der Waals surface area contributed by atoms with Gasteiger partial charge >= 0.3 is 0 Å². The molecule has 1 rings (SSSR count). The van der Waals surface area contributed by atoms with Gasteiger partial charge in [-0.25, -0.2) is 21.6 Å². The van der Waals surface area contributed by atoms with Crippen molar-refractivity contribution in [2.75, 3.05) is 5.75 Å². The zero-order valence-electron chi connectivity index (χ0n) is 27.8. The highest BCUT2D eigenvalue weighted by molar-refractivity contribution is 7.92. The summed E-state index contributed by atoms with van der Waals surface area (Å²) in [6, 6.07) is 4.15. The summed E-state index contributed by atoms with van der Waals surface area (Å²) in [5.41, 5.74) is -1.36. The van der Waals surface area contributed by atoms with Crippen molar-refractivity contribution in [3.8, 4) is 0 Å². The van der Waals surface area contributed by atoms with Gasteiger partial charge in [-0.2, -0.15) is 0 Å². The van der Waals surface area contributed by atoms with Gasteiger partial charge < -0.3 is 15.3 Å². The van der Waals surface area contributed by atoms with Crippen molar-refractivity contribution >= 4 is 19.9 Å². The van der Waals surface area contributed by atoms with Crippen LogP contribution >= 0.6 is 0 Å². The Hall–Kier alpha value is -1.04. The molecule has 1 aromatic carbocycles. The average molecular weight is 662 g/mol. The summed E-state index contributed by atoms with van der Waals surface area (Å²) in [5, 5.41) is 32.8. The van der Waals surface area contributed by atoms with Crippen LogP contribution in [0.15, 0.2) is 29.2 Å². The normalized spacial score (nSPS) is 15.2. The minimum absolute atomic E-state index is 0.118. The third-order valence-electron chi connectivity index (χ3n) is 8.45. The van der Waals surface area contributed by atoms with E-state index in [9.17, 15) is 32.2 Å². The number of aliphatic hydroxyl groups is 3. The SMILES string of the molecule is CCCCCCCCCCCCCC[C@@H](O)[C@@H](O)[C@@H](NS(=O)(=O)c1ccc(C)cc1)C(O)S(=O)(=O)CCCCCCCCC. The molecule has 1 unspecified atom stereocenters. The first-order valence-electron chi connectivity index (χ1n) is 17.3. The van der Waals surface area contributed by atoms with Crippen molar-refractivity contribution in [2.24, 2.45) is 0 Å². The standard InChI is InChI=1S/C34H63NO7S2/c1-4-6-8-10-12-13-14-15-16-17-19-21-23-31(36)33(37)32(35-44(41,42)30-26-24-29(3)25-27-30)34(38)43(39,40)28-22-20-18-11-9-7-5-2/h24-27,31-38H,4-23,28H2,1-3H3/t31-,32-,33-,34?/m1/s1. The Balaban J connectivity index is 2.73. The van der Waals surface area contributed by atoms with Crippen molar-refractivity contribution in [2.45, 2.75) is 178 Å². The van der Waals surface area contributed by atoms with Crippen LogP contribution in [-0.2, 0) is 19.9 Å². The topological polar surface area (TPSA) is 141 Å². The number of benzene rings is 1. The van der Waals surface area contributed by atoms with E-state index in [-0.39, 0.29) is 17.1 Å². The van der Waals surface area contributed by atoms with Gasteiger partial charge in [-0.05, 0) is 31.9 Å². The summed E-state index contributed by atoms with van der Waals surface area (Å²) < 4.78 is 54.7. The third kappa shape index (κ3) is 17.0. The molecule has 44 heavy (non-hydrogen) atoms. The van der Waals surface area contributed by atoms with Gasteiger partial charge in [0.1, 0.15) is 0 Å². The second kappa shape index (κ2) is 23.3. The van der Waals surface area contributed by atoms with Crippen LogP contribution in [0.5, 0.6) is 0 Å². The number of sulfonamides is 1. The Morgan fingerprint density at radius 2 is 1.02 bits per heavy atom. The Labute approximate surface area is 269 Å². The highest BCUT2D eigenvalue weighted by atomic mass is 32.2. The van der Waals surface area contributed by atoms with E-state index in [4.69, 9.17) is 0 Å². The molecule has 0 aliphatic heterocycles. The predicted molar refractivity (Wildman–Crippen MR) is 181 cm³/mol. The maximum atomic E-state index is 13.2. The summed E-state index contributed by atoms with van der Waals surface area (Å²) in [6.45, 7) is 6.16. The number of aryl methyl sites for hydroxylation is 1. The van der Waals surface area contributed by atoms with Crippen LogP contribution in [0.25, 0.3) is 0 Å². The van der Waals surface area contributed by atoms with Crippen molar-refractivity contribution < 1.29 is 32.2 Å². The van der Waals surface area contributed by atoms with Gasteiger partial charge in [0, 0.05) is 0 Å². The van der Waals surface area contributed by atoms with Crippen LogP contribution in [0, 0.1) is 6.92 Å². The molecule has 0 radical (unpaired) electrons. The molecular formula is C34H63NO7S2. The van der Waals surface area contributed by atoms with E-state index >= 15 is 0 Å². The van der Waals surface area contributed by atoms with E-state index < -0.39 is 43.5 Å². The number of rotatable bonds is 28. The summed E-state index contributed by atoms with van der Waals surface area (Å²) in [7, 11) is -8.48. The van der Waals surface area contributed by atoms with Crippen molar-refractivity contribution in [1.29, 1.82) is 0 Å². The maximum absolute atomic E-state index is 13.2. The van der Waals surface area contributed by atoms with E-state index in [0.29, 0.717) is 19.3 Å². The second-order valence-corrected chi connectivity index (χ2v) is 16.5. The van der Waals surface area contributed by atoms with Crippen LogP contribution in [0.4, 0.5) is 0 Å². The van der Waals surface area contributed by atoms with Crippen LogP contribution in [0.3, 0.4) is 0 Å². The first-order chi connectivity index (χ1) is 21.0. The smallest absolute Gasteiger partial charge is 0.241 e. The van der Waals surface area contributed by atoms with E-state index in [2.05, 4.69) is 18.6 Å². The molecule has 1 aromatic rings. The van der Waals surface area contributed by atoms with Crippen molar-refractivity contribution in [3.63, 3.8) is 0 Å². The van der Waals surface area contributed by atoms with Gasteiger partial charge in [-0.15, -0.1) is 0 Å². The number of unbranched alkanes of at least 4 members (excludes halogenated alkanes) is 17. The summed E-state index contributed by atoms with van der Waals surface area (Å²) in [6.07, 6.45) is 16.9. The molecule has 0 bridgehead atoms. The van der Waals surface area contributed by atoms with Gasteiger partial charge in [0.05, 0.1) is 28.9 Å². The Bertz CT molecular complexity index is 1060. The predicted octanol–water partition coefficient (Wildman–Crippen LogP) is 6.94. The average Bonchev–Trinajstić information content (AvgIpc) is 2.99. The molecule has 4 N–H and O–H groups in total. The minimum atomic E-state index is -4.29. The fourth-order valence-electron chi connectivity index (χ4n) is 5.47. The molecule has 258 valence electrons. The molecule has 4 atom stereocenters. The first kappa shape index (κ1) is 41.0. The van der Waals surface area contributed by atoms with Gasteiger partial charge in [0.2, 0.25) is 10.0 Å². The fourth-order valence-corrected chi connectivity index (χ4v) is 8.34. The molecule has 0 heterocycles. The Morgan fingerprint density at radius 1 is 0.614 bits per heavy atom. The maximum Gasteiger partial charge on any atom is 0.241 e. The van der Waals surface area contributed by atoms with Crippen molar-refractivity contribution in [3.05, 3.63) is 29.8 Å².